The summed E-state index contributed by atoms with van der Waals surface area (Å²) in [5, 5.41) is 12.6. The second kappa shape index (κ2) is 3.94. The molecule has 0 fully saturated rings. The van der Waals surface area contributed by atoms with Gasteiger partial charge in [0, 0.05) is 6.08 Å². The zero-order valence-electron chi connectivity index (χ0n) is 11.6. The van der Waals surface area contributed by atoms with Crippen molar-refractivity contribution in [3.05, 3.63) is 46.6 Å². The van der Waals surface area contributed by atoms with Gasteiger partial charge in [0.05, 0.1) is 5.69 Å². The Kier molecular flexibility index (Phi) is 2.45. The van der Waals surface area contributed by atoms with E-state index in [9.17, 15) is 5.26 Å². The Morgan fingerprint density at radius 2 is 1.95 bits per heavy atom. The van der Waals surface area contributed by atoms with Crippen LogP contribution in [-0.4, -0.2) is 5.72 Å². The van der Waals surface area contributed by atoms with E-state index in [2.05, 4.69) is 11.4 Å². The van der Waals surface area contributed by atoms with Crippen molar-refractivity contribution in [1.29, 1.82) is 5.26 Å². The quantitative estimate of drug-likeness (QED) is 0.756. The number of allylic oxidation sites excluding steroid dienone is 1. The summed E-state index contributed by atoms with van der Waals surface area (Å²) in [6.45, 7) is 5.82. The van der Waals surface area contributed by atoms with E-state index in [0.29, 0.717) is 11.5 Å². The van der Waals surface area contributed by atoms with E-state index in [-0.39, 0.29) is 11.5 Å². The van der Waals surface area contributed by atoms with Gasteiger partial charge in [0.2, 0.25) is 11.6 Å². The molecule has 1 spiro atoms. The zero-order chi connectivity index (χ0) is 14.5. The van der Waals surface area contributed by atoms with Crippen molar-refractivity contribution >= 4 is 5.69 Å². The molecule has 0 unspecified atom stereocenters. The van der Waals surface area contributed by atoms with Crippen LogP contribution in [0.4, 0.5) is 5.69 Å². The first kappa shape index (κ1) is 12.4. The van der Waals surface area contributed by atoms with Gasteiger partial charge >= 0.3 is 0 Å². The van der Waals surface area contributed by atoms with E-state index < -0.39 is 5.72 Å². The summed E-state index contributed by atoms with van der Waals surface area (Å²) >= 11 is 0. The van der Waals surface area contributed by atoms with E-state index in [0.717, 1.165) is 16.8 Å². The van der Waals surface area contributed by atoms with Gasteiger partial charge in [-0.05, 0) is 44.0 Å². The fourth-order valence-corrected chi connectivity index (χ4v) is 2.48. The molecule has 2 heterocycles. The lowest BCUT2D eigenvalue weighted by Gasteiger charge is -2.30. The number of ether oxygens (including phenoxy) is 2. The normalized spacial score (nSPS) is 23.4. The highest BCUT2D eigenvalue weighted by molar-refractivity contribution is 5.69. The maximum absolute atomic E-state index is 9.34. The lowest BCUT2D eigenvalue weighted by Crippen LogP contribution is -2.44. The zero-order valence-corrected chi connectivity index (χ0v) is 11.6. The average Bonchev–Trinajstić information content (AvgIpc) is 2.66. The first-order valence-corrected chi connectivity index (χ1v) is 6.31. The van der Waals surface area contributed by atoms with Crippen molar-refractivity contribution in [2.24, 2.45) is 5.73 Å². The highest BCUT2D eigenvalue weighted by Crippen LogP contribution is 2.44. The molecule has 5 heteroatoms. The van der Waals surface area contributed by atoms with Gasteiger partial charge in [0.25, 0.3) is 0 Å². The number of nitriles is 1. The van der Waals surface area contributed by atoms with Gasteiger partial charge in [-0.15, -0.1) is 0 Å². The van der Waals surface area contributed by atoms with Crippen LogP contribution in [0, 0.1) is 25.2 Å². The highest BCUT2D eigenvalue weighted by atomic mass is 16.5. The fraction of sp³-hybridized carbons (Fsp3) is 0.267. The first-order valence-electron chi connectivity index (χ1n) is 6.31. The van der Waals surface area contributed by atoms with Crippen LogP contribution in [-0.2, 0) is 4.74 Å². The molecule has 1 aromatic carbocycles. The molecular formula is C15H15N3O2. The summed E-state index contributed by atoms with van der Waals surface area (Å²) in [5.41, 5.74) is 8.10. The monoisotopic (exact) mass is 269 g/mol. The molecule has 0 bridgehead atoms. The van der Waals surface area contributed by atoms with Crippen molar-refractivity contribution in [3.63, 3.8) is 0 Å². The molecule has 1 aromatic rings. The van der Waals surface area contributed by atoms with Crippen molar-refractivity contribution in [2.75, 3.05) is 5.32 Å². The largest absolute Gasteiger partial charge is 0.457 e. The van der Waals surface area contributed by atoms with Crippen LogP contribution in [0.2, 0.25) is 0 Å². The first-order chi connectivity index (χ1) is 9.45. The van der Waals surface area contributed by atoms with Gasteiger partial charge in [0.1, 0.15) is 17.6 Å². The molecule has 2 aliphatic rings. The number of nitrogens with two attached hydrogens (primary N) is 1. The average molecular weight is 269 g/mol. The summed E-state index contributed by atoms with van der Waals surface area (Å²) in [5.74, 6) is 1.37. The van der Waals surface area contributed by atoms with Crippen LogP contribution in [0.15, 0.2) is 35.4 Å². The van der Waals surface area contributed by atoms with E-state index in [4.69, 9.17) is 15.2 Å². The summed E-state index contributed by atoms with van der Waals surface area (Å²) in [7, 11) is 0. The Balaban J connectivity index is 2.13. The molecule has 0 saturated carbocycles. The van der Waals surface area contributed by atoms with Gasteiger partial charge in [-0.3, -0.25) is 0 Å². The highest BCUT2D eigenvalue weighted by Gasteiger charge is 2.46. The number of hydrogen-bond donors (Lipinski definition) is 2. The van der Waals surface area contributed by atoms with E-state index in [1.807, 2.05) is 26.0 Å². The Hall–Kier alpha value is -2.61. The third-order valence-electron chi connectivity index (χ3n) is 3.59. The van der Waals surface area contributed by atoms with E-state index >= 15 is 0 Å². The summed E-state index contributed by atoms with van der Waals surface area (Å²) < 4.78 is 11.3. The maximum atomic E-state index is 9.34. The van der Waals surface area contributed by atoms with Gasteiger partial charge < -0.3 is 20.5 Å². The molecule has 0 aromatic heterocycles. The van der Waals surface area contributed by atoms with Gasteiger partial charge in [0.15, 0.2) is 5.57 Å². The van der Waals surface area contributed by atoms with Crippen LogP contribution in [0.3, 0.4) is 0 Å². The number of aryl methyl sites for hydroxylation is 2. The maximum Gasteiger partial charge on any atom is 0.245 e. The van der Waals surface area contributed by atoms with Crippen LogP contribution < -0.4 is 15.8 Å². The summed E-state index contributed by atoms with van der Waals surface area (Å²) in [6, 6.07) is 6.03. The Labute approximate surface area is 117 Å². The smallest absolute Gasteiger partial charge is 0.245 e. The number of nitrogens with one attached hydrogen (secondary N) is 1. The molecule has 0 aliphatic carbocycles. The number of rotatable bonds is 0. The second-order valence-corrected chi connectivity index (χ2v) is 5.10. The Morgan fingerprint density at radius 1 is 1.25 bits per heavy atom. The minimum Gasteiger partial charge on any atom is -0.457 e. The molecule has 20 heavy (non-hydrogen) atoms. The molecule has 3 rings (SSSR count). The number of nitrogens with zero attached hydrogens (tertiary/aromatic N) is 1. The molecule has 0 saturated heterocycles. The molecule has 2 aliphatic heterocycles. The number of fused-ring (bicyclic) bond motifs is 1. The number of anilines is 1. The molecule has 1 atom stereocenters. The fourth-order valence-electron chi connectivity index (χ4n) is 2.48. The standard InChI is InChI=1S/C15H15N3O2/c1-8-4-12-13(5-9(8)2)20-15(18-12)6-10(3)19-14(17)11(15)7-16/h4-6,18H,17H2,1-3H3/t15-/m1/s1. The summed E-state index contributed by atoms with van der Waals surface area (Å²) in [6.07, 6.45) is 1.73. The SMILES string of the molecule is CC1=C[C@]2(Nc3cc(C)c(C)cc3O2)C(C#N)=C(N)O1. The van der Waals surface area contributed by atoms with Crippen LogP contribution in [0.1, 0.15) is 18.1 Å². The van der Waals surface area contributed by atoms with Gasteiger partial charge in [-0.2, -0.15) is 5.26 Å². The predicted octanol–water partition coefficient (Wildman–Crippen LogP) is 2.43. The molecule has 0 amide bonds. The van der Waals surface area contributed by atoms with Crippen molar-refractivity contribution < 1.29 is 9.47 Å². The third kappa shape index (κ3) is 1.62. The number of hydrogen-bond acceptors (Lipinski definition) is 5. The van der Waals surface area contributed by atoms with Crippen LogP contribution in [0.5, 0.6) is 5.75 Å². The number of benzene rings is 1. The van der Waals surface area contributed by atoms with Gasteiger partial charge in [-0.1, -0.05) is 0 Å². The molecular weight excluding hydrogens is 254 g/mol. The van der Waals surface area contributed by atoms with Crippen LogP contribution >= 0.6 is 0 Å². The predicted molar refractivity (Wildman–Crippen MR) is 74.6 cm³/mol. The molecule has 5 nitrogen and oxygen atoms in total. The summed E-state index contributed by atoms with van der Waals surface area (Å²) in [4.78, 5) is 0. The molecule has 0 radical (unpaired) electrons. The Morgan fingerprint density at radius 3 is 2.65 bits per heavy atom. The minimum absolute atomic E-state index is 0.0706. The lowest BCUT2D eigenvalue weighted by molar-refractivity contribution is 0.175. The molecule has 102 valence electrons. The van der Waals surface area contributed by atoms with Crippen molar-refractivity contribution in [1.82, 2.24) is 0 Å². The van der Waals surface area contributed by atoms with Crippen LogP contribution in [0.25, 0.3) is 0 Å². The third-order valence-corrected chi connectivity index (χ3v) is 3.59. The Bertz CT molecular complexity index is 680. The van der Waals surface area contributed by atoms with E-state index in [1.165, 1.54) is 0 Å². The molecule has 3 N–H and O–H groups in total. The van der Waals surface area contributed by atoms with E-state index in [1.54, 1.807) is 13.0 Å². The second-order valence-electron chi connectivity index (χ2n) is 5.10. The lowest BCUT2D eigenvalue weighted by atomic mass is 10.0. The van der Waals surface area contributed by atoms with Crippen molar-refractivity contribution in [3.8, 4) is 11.8 Å². The van der Waals surface area contributed by atoms with Crippen molar-refractivity contribution in [2.45, 2.75) is 26.5 Å². The minimum atomic E-state index is -1.07. The topological polar surface area (TPSA) is 80.3 Å². The van der Waals surface area contributed by atoms with Gasteiger partial charge in [-0.25, -0.2) is 0 Å².